The van der Waals surface area contributed by atoms with Crippen LogP contribution in [0.1, 0.15) is 11.1 Å². The summed E-state index contributed by atoms with van der Waals surface area (Å²) >= 11 is 6.74. The van der Waals surface area contributed by atoms with E-state index in [0.29, 0.717) is 22.5 Å². The molecule has 2 N–H and O–H groups in total. The number of para-hydroxylation sites is 1. The molecule has 0 radical (unpaired) electrons. The summed E-state index contributed by atoms with van der Waals surface area (Å²) in [4.78, 5) is 27.0. The Morgan fingerprint density at radius 3 is 2.53 bits per heavy atom. The topological polar surface area (TPSA) is 94.4 Å². The molecular formula is C23H16Br2N4O3. The van der Waals surface area contributed by atoms with Gasteiger partial charge in [0.05, 0.1) is 11.9 Å². The van der Waals surface area contributed by atoms with E-state index in [1.54, 1.807) is 42.5 Å². The molecule has 4 rings (SSSR count). The van der Waals surface area contributed by atoms with Crippen LogP contribution in [0, 0.1) is 0 Å². The first-order valence-corrected chi connectivity index (χ1v) is 11.1. The predicted octanol–water partition coefficient (Wildman–Crippen LogP) is 4.73. The number of anilines is 2. The molecule has 1 aliphatic rings. The predicted molar refractivity (Wildman–Crippen MR) is 132 cm³/mol. The van der Waals surface area contributed by atoms with Crippen LogP contribution in [0.4, 0.5) is 11.4 Å². The molecule has 1 aliphatic heterocycles. The molecule has 0 aliphatic carbocycles. The van der Waals surface area contributed by atoms with Crippen LogP contribution in [0.15, 0.2) is 85.9 Å². The zero-order valence-corrected chi connectivity index (χ0v) is 19.7. The molecule has 3 aromatic rings. The molecule has 0 atom stereocenters. The Labute approximate surface area is 200 Å². The fourth-order valence-corrected chi connectivity index (χ4v) is 3.92. The second-order valence-corrected chi connectivity index (χ2v) is 8.69. The van der Waals surface area contributed by atoms with Crippen molar-refractivity contribution in [1.29, 1.82) is 0 Å². The van der Waals surface area contributed by atoms with E-state index in [1.165, 1.54) is 17.2 Å². The number of amides is 2. The Kier molecular flexibility index (Phi) is 6.48. The number of carbonyl (C=O) groups is 2. The van der Waals surface area contributed by atoms with E-state index in [9.17, 15) is 14.7 Å². The van der Waals surface area contributed by atoms with Gasteiger partial charge in [-0.3, -0.25) is 14.5 Å². The van der Waals surface area contributed by atoms with Crippen LogP contribution < -0.4 is 10.2 Å². The molecule has 0 unspecified atom stereocenters. The normalized spacial score (nSPS) is 14.2. The maximum Gasteiger partial charge on any atom is 0.279 e. The third kappa shape index (κ3) is 4.79. The van der Waals surface area contributed by atoms with Gasteiger partial charge in [0.25, 0.3) is 5.91 Å². The van der Waals surface area contributed by atoms with Gasteiger partial charge in [0.2, 0.25) is 5.91 Å². The highest BCUT2D eigenvalue weighted by Gasteiger charge is 2.35. The summed E-state index contributed by atoms with van der Waals surface area (Å²) in [7, 11) is 0. The van der Waals surface area contributed by atoms with Crippen LogP contribution in [-0.4, -0.2) is 35.4 Å². The molecule has 1 heterocycles. The lowest BCUT2D eigenvalue weighted by atomic mass is 10.1. The van der Waals surface area contributed by atoms with Gasteiger partial charge >= 0.3 is 0 Å². The molecule has 0 aromatic heterocycles. The van der Waals surface area contributed by atoms with Crippen molar-refractivity contribution in [3.8, 4) is 5.75 Å². The van der Waals surface area contributed by atoms with Gasteiger partial charge in [-0.2, -0.15) is 5.10 Å². The van der Waals surface area contributed by atoms with Gasteiger partial charge in [-0.05, 0) is 48.5 Å². The minimum absolute atomic E-state index is 0.0391. The van der Waals surface area contributed by atoms with Crippen LogP contribution >= 0.6 is 31.9 Å². The number of halogens is 2. The van der Waals surface area contributed by atoms with Gasteiger partial charge in [0.1, 0.15) is 12.3 Å². The van der Waals surface area contributed by atoms with E-state index in [2.05, 4.69) is 47.4 Å². The molecule has 2 amide bonds. The maximum absolute atomic E-state index is 13.1. The van der Waals surface area contributed by atoms with Gasteiger partial charge in [0, 0.05) is 25.8 Å². The van der Waals surface area contributed by atoms with Gasteiger partial charge in [0.15, 0.2) is 5.71 Å². The smallest absolute Gasteiger partial charge is 0.279 e. The number of nitrogens with zero attached hydrogens (tertiary/aromatic N) is 3. The molecule has 32 heavy (non-hydrogen) atoms. The number of hydrogen-bond donors (Lipinski definition) is 2. The second kappa shape index (κ2) is 9.46. The molecule has 0 saturated heterocycles. The largest absolute Gasteiger partial charge is 0.507 e. The fraction of sp³-hybridized carbons (Fsp3) is 0.0435. The minimum atomic E-state index is -0.433. The average molecular weight is 556 g/mol. The summed E-state index contributed by atoms with van der Waals surface area (Å²) in [5.74, 6) is -0.726. The van der Waals surface area contributed by atoms with Gasteiger partial charge in [-0.15, -0.1) is 5.10 Å². The number of fused-ring (bicyclic) bond motifs is 1. The Hall–Kier alpha value is -3.30. The Balaban J connectivity index is 1.60. The standard InChI is InChI=1S/C23H16Br2N4O3/c24-15-7-9-20(30)14(10-15)12-26-28-22-18-11-16(25)6-8-19(18)29(23(22)32)13-21(31)27-17-4-2-1-3-5-17/h1-12,30H,13H2,(H,27,31)/b26-12+,28-22?. The number of nitrogens with one attached hydrogen (secondary N) is 1. The van der Waals surface area contributed by atoms with Crippen molar-refractivity contribution < 1.29 is 14.7 Å². The summed E-state index contributed by atoms with van der Waals surface area (Å²) in [6.45, 7) is -0.169. The lowest BCUT2D eigenvalue weighted by molar-refractivity contribution is -0.118. The summed E-state index contributed by atoms with van der Waals surface area (Å²) in [6.07, 6.45) is 1.36. The Morgan fingerprint density at radius 1 is 1.03 bits per heavy atom. The first-order valence-electron chi connectivity index (χ1n) is 9.48. The monoisotopic (exact) mass is 554 g/mol. The number of carbonyl (C=O) groups excluding carboxylic acids is 2. The Bertz CT molecular complexity index is 1260. The second-order valence-electron chi connectivity index (χ2n) is 6.86. The molecule has 160 valence electrons. The van der Waals surface area contributed by atoms with Crippen LogP contribution in [0.5, 0.6) is 5.75 Å². The van der Waals surface area contributed by atoms with Crippen LogP contribution in [-0.2, 0) is 9.59 Å². The quantitative estimate of drug-likeness (QED) is 0.352. The molecular weight excluding hydrogens is 540 g/mol. The van der Waals surface area contributed by atoms with Crippen molar-refractivity contribution in [2.24, 2.45) is 10.2 Å². The molecule has 0 fully saturated rings. The number of benzene rings is 3. The molecule has 0 saturated carbocycles. The van der Waals surface area contributed by atoms with E-state index < -0.39 is 5.91 Å². The molecule has 7 nitrogen and oxygen atoms in total. The molecule has 0 spiro atoms. The number of aromatic hydroxyl groups is 1. The highest BCUT2D eigenvalue weighted by Crippen LogP contribution is 2.32. The van der Waals surface area contributed by atoms with Crippen molar-refractivity contribution in [1.82, 2.24) is 0 Å². The van der Waals surface area contributed by atoms with Crippen LogP contribution in [0.3, 0.4) is 0 Å². The van der Waals surface area contributed by atoms with Crippen LogP contribution in [0.25, 0.3) is 0 Å². The summed E-state index contributed by atoms with van der Waals surface area (Å²) in [5, 5.41) is 20.8. The summed E-state index contributed by atoms with van der Waals surface area (Å²) in [6, 6.07) is 19.2. The number of rotatable bonds is 5. The van der Waals surface area contributed by atoms with E-state index in [1.807, 2.05) is 18.2 Å². The molecule has 9 heteroatoms. The minimum Gasteiger partial charge on any atom is -0.507 e. The van der Waals surface area contributed by atoms with Crippen molar-refractivity contribution in [2.45, 2.75) is 0 Å². The Morgan fingerprint density at radius 2 is 1.75 bits per heavy atom. The van der Waals surface area contributed by atoms with Gasteiger partial charge in [-0.1, -0.05) is 50.1 Å². The lowest BCUT2D eigenvalue weighted by Gasteiger charge is -2.16. The molecule has 3 aromatic carbocycles. The van der Waals surface area contributed by atoms with Crippen LogP contribution in [0.2, 0.25) is 0 Å². The third-order valence-corrected chi connectivity index (χ3v) is 5.64. The fourth-order valence-electron chi connectivity index (χ4n) is 3.18. The van der Waals surface area contributed by atoms with Crippen molar-refractivity contribution in [3.05, 3.63) is 86.8 Å². The summed E-state index contributed by atoms with van der Waals surface area (Å²) in [5.41, 5.74) is 2.34. The highest BCUT2D eigenvalue weighted by atomic mass is 79.9. The zero-order valence-electron chi connectivity index (χ0n) is 16.5. The van der Waals surface area contributed by atoms with Crippen molar-refractivity contribution in [3.63, 3.8) is 0 Å². The van der Waals surface area contributed by atoms with E-state index in [0.717, 1.165) is 8.95 Å². The van der Waals surface area contributed by atoms with E-state index >= 15 is 0 Å². The number of hydrogen-bond acceptors (Lipinski definition) is 5. The van der Waals surface area contributed by atoms with E-state index in [4.69, 9.17) is 0 Å². The third-order valence-electron chi connectivity index (χ3n) is 4.66. The molecule has 0 bridgehead atoms. The van der Waals surface area contributed by atoms with Crippen molar-refractivity contribution >= 4 is 67.0 Å². The number of phenols is 1. The average Bonchev–Trinajstić information content (AvgIpc) is 3.02. The zero-order chi connectivity index (χ0) is 22.7. The van der Waals surface area contributed by atoms with Gasteiger partial charge in [-0.25, -0.2) is 0 Å². The lowest BCUT2D eigenvalue weighted by Crippen LogP contribution is -2.37. The highest BCUT2D eigenvalue weighted by molar-refractivity contribution is 9.10. The first kappa shape index (κ1) is 21.9. The first-order chi connectivity index (χ1) is 15.4. The number of phenolic OH excluding ortho intramolecular Hbond substituents is 1. The summed E-state index contributed by atoms with van der Waals surface area (Å²) < 4.78 is 1.53. The maximum atomic E-state index is 13.1. The van der Waals surface area contributed by atoms with E-state index in [-0.39, 0.29) is 23.9 Å². The van der Waals surface area contributed by atoms with Crippen molar-refractivity contribution in [2.75, 3.05) is 16.8 Å². The van der Waals surface area contributed by atoms with Gasteiger partial charge < -0.3 is 10.4 Å². The SMILES string of the molecule is O=C(CN1C(=O)C(=N/N=C/c2cc(Br)ccc2O)c2cc(Br)ccc21)Nc1ccccc1.